The monoisotopic (exact) mass is 476 g/mol. The number of methoxy groups -OCH3 is 1. The summed E-state index contributed by atoms with van der Waals surface area (Å²) in [5.41, 5.74) is 1.17. The number of para-hydroxylation sites is 1. The Bertz CT molecular complexity index is 844. The van der Waals surface area contributed by atoms with Crippen LogP contribution in [0.3, 0.4) is 0 Å². The van der Waals surface area contributed by atoms with Crippen molar-refractivity contribution in [2.45, 2.75) is 38.5 Å². The number of carbonyl (C=O) groups excluding carboxylic acids is 1. The number of ether oxygens (including phenoxy) is 3. The highest BCUT2D eigenvalue weighted by Gasteiger charge is 2.33. The van der Waals surface area contributed by atoms with E-state index in [1.807, 2.05) is 54.0 Å². The van der Waals surface area contributed by atoms with Crippen molar-refractivity contribution in [3.8, 4) is 5.75 Å². The highest BCUT2D eigenvalue weighted by atomic mass is 32.1. The summed E-state index contributed by atoms with van der Waals surface area (Å²) in [4.78, 5) is 18.6. The molecule has 3 rings (SSSR count). The van der Waals surface area contributed by atoms with Crippen LogP contribution in [0.15, 0.2) is 41.8 Å². The highest BCUT2D eigenvalue weighted by Crippen LogP contribution is 2.34. The van der Waals surface area contributed by atoms with Gasteiger partial charge < -0.3 is 24.2 Å². The Hall–Kier alpha value is -1.97. The summed E-state index contributed by atoms with van der Waals surface area (Å²) < 4.78 is 16.8. The summed E-state index contributed by atoms with van der Waals surface area (Å²) in [5, 5.41) is 12.5. The minimum atomic E-state index is -0.668. The molecule has 1 amide bonds. The molecule has 0 fully saturated rings. The average molecular weight is 477 g/mol. The van der Waals surface area contributed by atoms with Gasteiger partial charge in [-0.2, -0.15) is 0 Å². The smallest absolute Gasteiger partial charge is 0.237 e. The second-order valence-corrected chi connectivity index (χ2v) is 9.54. The van der Waals surface area contributed by atoms with E-state index in [1.54, 1.807) is 18.4 Å². The van der Waals surface area contributed by atoms with Gasteiger partial charge in [-0.1, -0.05) is 18.2 Å². The Balaban J connectivity index is 1.67. The van der Waals surface area contributed by atoms with Crippen molar-refractivity contribution in [3.05, 3.63) is 52.2 Å². The fourth-order valence-corrected chi connectivity index (χ4v) is 4.89. The molecule has 8 heteroatoms. The topological polar surface area (TPSA) is 71.5 Å². The van der Waals surface area contributed by atoms with Gasteiger partial charge in [0.15, 0.2) is 0 Å². The molecule has 0 saturated heterocycles. The van der Waals surface area contributed by atoms with E-state index in [-0.39, 0.29) is 31.2 Å². The normalized spacial score (nSPS) is 16.8. The molecule has 1 aromatic carbocycles. The molecule has 182 valence electrons. The van der Waals surface area contributed by atoms with Crippen LogP contribution in [0.4, 0.5) is 0 Å². The summed E-state index contributed by atoms with van der Waals surface area (Å²) in [6.45, 7) is 6.79. The molecule has 33 heavy (non-hydrogen) atoms. The Morgan fingerprint density at radius 3 is 2.79 bits per heavy atom. The van der Waals surface area contributed by atoms with E-state index in [2.05, 4.69) is 11.4 Å². The number of aliphatic hydroxyl groups is 1. The maximum Gasteiger partial charge on any atom is 0.237 e. The molecule has 1 aliphatic heterocycles. The van der Waals surface area contributed by atoms with Crippen LogP contribution in [0.2, 0.25) is 0 Å². The van der Waals surface area contributed by atoms with E-state index >= 15 is 0 Å². The molecule has 1 N–H and O–H groups in total. The van der Waals surface area contributed by atoms with E-state index in [4.69, 9.17) is 14.2 Å². The fourth-order valence-electron chi connectivity index (χ4n) is 3.96. The molecule has 2 aromatic rings. The Labute approximate surface area is 200 Å². The number of benzene rings is 1. The molecular formula is C25H36N2O5S. The van der Waals surface area contributed by atoms with E-state index in [9.17, 15) is 9.90 Å². The van der Waals surface area contributed by atoms with Gasteiger partial charge in [0.05, 0.1) is 38.0 Å². The lowest BCUT2D eigenvalue weighted by molar-refractivity contribution is -0.136. The molecule has 0 spiro atoms. The van der Waals surface area contributed by atoms with Crippen molar-refractivity contribution >= 4 is 17.2 Å². The molecule has 1 aromatic heterocycles. The Morgan fingerprint density at radius 2 is 2.06 bits per heavy atom. The van der Waals surface area contributed by atoms with E-state index in [0.717, 1.165) is 12.2 Å². The third-order valence-corrected chi connectivity index (χ3v) is 6.62. The van der Waals surface area contributed by atoms with Crippen LogP contribution in [0.5, 0.6) is 5.75 Å². The van der Waals surface area contributed by atoms with Crippen molar-refractivity contribution < 1.29 is 24.1 Å². The molecule has 2 atom stereocenters. The lowest BCUT2D eigenvalue weighted by Crippen LogP contribution is -2.48. The van der Waals surface area contributed by atoms with Crippen LogP contribution >= 0.6 is 11.3 Å². The second kappa shape index (κ2) is 13.1. The lowest BCUT2D eigenvalue weighted by Gasteiger charge is -2.37. The largest absolute Gasteiger partial charge is 0.491 e. The molecule has 2 unspecified atom stereocenters. The predicted octanol–water partition coefficient (Wildman–Crippen LogP) is 2.99. The number of nitrogens with zero attached hydrogens (tertiary/aromatic N) is 2. The van der Waals surface area contributed by atoms with Crippen molar-refractivity contribution in [2.24, 2.45) is 0 Å². The van der Waals surface area contributed by atoms with Crippen molar-refractivity contribution in [3.63, 3.8) is 0 Å². The summed E-state index contributed by atoms with van der Waals surface area (Å²) in [5.74, 6) is 0.823. The fraction of sp³-hybridized carbons (Fsp3) is 0.560. The number of hydrogen-bond donors (Lipinski definition) is 1. The van der Waals surface area contributed by atoms with Crippen LogP contribution in [-0.4, -0.2) is 86.1 Å². The molecule has 0 radical (unpaired) electrons. The molecule has 1 aliphatic rings. The van der Waals surface area contributed by atoms with Gasteiger partial charge >= 0.3 is 0 Å². The maximum atomic E-state index is 13.5. The number of thiophene rings is 1. The summed E-state index contributed by atoms with van der Waals surface area (Å²) in [7, 11) is 1.64. The van der Waals surface area contributed by atoms with Crippen molar-refractivity contribution in [1.82, 2.24) is 9.80 Å². The number of aliphatic hydroxyl groups excluding tert-OH is 1. The molecule has 0 bridgehead atoms. The average Bonchev–Trinajstić information content (AvgIpc) is 3.29. The van der Waals surface area contributed by atoms with Crippen LogP contribution in [0, 0.1) is 0 Å². The van der Waals surface area contributed by atoms with Crippen molar-refractivity contribution in [2.75, 3.05) is 53.1 Å². The summed E-state index contributed by atoms with van der Waals surface area (Å²) >= 11 is 1.74. The van der Waals surface area contributed by atoms with Gasteiger partial charge in [0.25, 0.3) is 0 Å². The second-order valence-electron chi connectivity index (χ2n) is 8.54. The minimum absolute atomic E-state index is 0.0293. The molecular weight excluding hydrogens is 440 g/mol. The first kappa shape index (κ1) is 25.6. The third kappa shape index (κ3) is 7.79. The van der Waals surface area contributed by atoms with Crippen LogP contribution in [0.1, 0.15) is 30.3 Å². The summed E-state index contributed by atoms with van der Waals surface area (Å²) in [6.07, 6.45) is 0.232. The van der Waals surface area contributed by atoms with Gasteiger partial charge in [0, 0.05) is 31.6 Å². The van der Waals surface area contributed by atoms with Crippen LogP contribution in [-0.2, 0) is 20.7 Å². The lowest BCUT2D eigenvalue weighted by atomic mass is 10.0. The third-order valence-electron chi connectivity index (χ3n) is 5.63. The van der Waals surface area contributed by atoms with Crippen LogP contribution < -0.4 is 4.74 Å². The van der Waals surface area contributed by atoms with Gasteiger partial charge in [0.1, 0.15) is 12.4 Å². The zero-order valence-electron chi connectivity index (χ0n) is 19.8. The first-order chi connectivity index (χ1) is 16.0. The molecule has 7 nitrogen and oxygen atoms in total. The first-order valence-electron chi connectivity index (χ1n) is 11.5. The van der Waals surface area contributed by atoms with Crippen molar-refractivity contribution in [1.29, 1.82) is 0 Å². The SMILES string of the molecule is COCCN(CC(=O)N1CCc2sccc2C1COc1ccccc1)CC(O)COC(C)C. The molecule has 2 heterocycles. The summed E-state index contributed by atoms with van der Waals surface area (Å²) in [6, 6.07) is 11.7. The zero-order chi connectivity index (χ0) is 23.6. The molecule has 0 saturated carbocycles. The minimum Gasteiger partial charge on any atom is -0.491 e. The number of fused-ring (bicyclic) bond motifs is 1. The standard InChI is InChI=1S/C25H36N2O5S/c1-19(2)31-17-20(28)15-26(12-13-30-3)16-25(29)27-11-9-24-22(10-14-33-24)23(27)18-32-21-7-5-4-6-8-21/h4-8,10,14,19-20,23,28H,9,11-13,15-18H2,1-3H3. The van der Waals surface area contributed by atoms with Gasteiger partial charge in [-0.3, -0.25) is 9.69 Å². The van der Waals surface area contributed by atoms with Gasteiger partial charge in [-0.25, -0.2) is 0 Å². The Kier molecular flexibility index (Phi) is 10.1. The molecule has 0 aliphatic carbocycles. The van der Waals surface area contributed by atoms with Gasteiger partial charge in [-0.15, -0.1) is 11.3 Å². The predicted molar refractivity (Wildman–Crippen MR) is 130 cm³/mol. The zero-order valence-corrected chi connectivity index (χ0v) is 20.6. The van der Waals surface area contributed by atoms with Crippen LogP contribution in [0.25, 0.3) is 0 Å². The van der Waals surface area contributed by atoms with E-state index in [0.29, 0.717) is 32.8 Å². The highest BCUT2D eigenvalue weighted by molar-refractivity contribution is 7.10. The number of carbonyl (C=O) groups is 1. The quantitative estimate of drug-likeness (QED) is 0.479. The van der Waals surface area contributed by atoms with Gasteiger partial charge in [0.2, 0.25) is 5.91 Å². The first-order valence-corrected chi connectivity index (χ1v) is 12.4. The number of rotatable bonds is 13. The number of hydrogen-bond acceptors (Lipinski definition) is 7. The Morgan fingerprint density at radius 1 is 1.27 bits per heavy atom. The maximum absolute atomic E-state index is 13.5. The number of amides is 1. The van der Waals surface area contributed by atoms with Gasteiger partial charge in [-0.05, 0) is 49.4 Å². The van der Waals surface area contributed by atoms with E-state index in [1.165, 1.54) is 10.4 Å². The van der Waals surface area contributed by atoms with E-state index < -0.39 is 6.10 Å².